The van der Waals surface area contributed by atoms with Gasteiger partial charge in [0.25, 0.3) is 0 Å². The van der Waals surface area contributed by atoms with Gasteiger partial charge < -0.3 is 14.6 Å². The van der Waals surface area contributed by atoms with Crippen molar-refractivity contribution in [2.75, 3.05) is 0 Å². The Hall–Kier alpha value is -3.67. The van der Waals surface area contributed by atoms with Crippen molar-refractivity contribution >= 4 is 22.5 Å². The Morgan fingerprint density at radius 2 is 1.48 bits per heavy atom. The summed E-state index contributed by atoms with van der Waals surface area (Å²) < 4.78 is 6.44. The Morgan fingerprint density at radius 1 is 0.864 bits per heavy atom. The summed E-state index contributed by atoms with van der Waals surface area (Å²) in [6.45, 7) is 18.3. The van der Waals surface area contributed by atoms with E-state index in [4.69, 9.17) is 4.42 Å². The second-order valence-corrected chi connectivity index (χ2v) is 14.3. The minimum absolute atomic E-state index is 0.000297. The van der Waals surface area contributed by atoms with Crippen molar-refractivity contribution in [1.29, 1.82) is 0 Å². The first-order valence-corrected chi connectivity index (χ1v) is 15.7. The van der Waals surface area contributed by atoms with E-state index in [2.05, 4.69) is 39.8 Å². The lowest BCUT2D eigenvalue weighted by molar-refractivity contribution is -0.151. The molecule has 2 bridgehead atoms. The monoisotopic (exact) mass is 600 g/mol. The van der Waals surface area contributed by atoms with Gasteiger partial charge in [-0.15, -0.1) is 0 Å². The SMILES string of the molecule is CC(C)=CCCC(C)=CC[C@@]12C[C@H](CC=C(C)C)C(C)(C)[C@@](CC=C(C)C)(C1=O)c1oc3cc(O)c(O)cc3c(=O)c1C2=O. The number of hydrogen-bond donors (Lipinski definition) is 2. The van der Waals surface area contributed by atoms with E-state index in [1.807, 2.05) is 46.8 Å². The lowest BCUT2D eigenvalue weighted by Crippen LogP contribution is -2.68. The highest BCUT2D eigenvalue weighted by molar-refractivity contribution is 6.23. The van der Waals surface area contributed by atoms with Crippen LogP contribution in [-0.4, -0.2) is 21.8 Å². The summed E-state index contributed by atoms with van der Waals surface area (Å²) in [6.07, 6.45) is 11.5. The fourth-order valence-electron chi connectivity index (χ4n) is 7.24. The highest BCUT2D eigenvalue weighted by atomic mass is 16.3. The molecule has 2 aromatic rings. The van der Waals surface area contributed by atoms with Gasteiger partial charge in [0, 0.05) is 6.07 Å². The number of ketones is 2. The van der Waals surface area contributed by atoms with Gasteiger partial charge >= 0.3 is 0 Å². The van der Waals surface area contributed by atoms with E-state index < -0.39 is 39.0 Å². The van der Waals surface area contributed by atoms with Crippen LogP contribution in [-0.2, 0) is 10.2 Å². The van der Waals surface area contributed by atoms with Crippen LogP contribution in [0.15, 0.2) is 67.9 Å². The van der Waals surface area contributed by atoms with Crippen molar-refractivity contribution in [3.8, 4) is 11.5 Å². The smallest absolute Gasteiger partial charge is 0.204 e. The van der Waals surface area contributed by atoms with Gasteiger partial charge in [-0.2, -0.15) is 0 Å². The van der Waals surface area contributed by atoms with Gasteiger partial charge in [0.2, 0.25) is 5.43 Å². The van der Waals surface area contributed by atoms with Gasteiger partial charge in [-0.3, -0.25) is 14.4 Å². The summed E-state index contributed by atoms with van der Waals surface area (Å²) in [5.74, 6) is -1.60. The number of allylic oxidation sites excluding steroid dienone is 8. The summed E-state index contributed by atoms with van der Waals surface area (Å²) in [5, 5.41) is 20.5. The van der Waals surface area contributed by atoms with E-state index in [9.17, 15) is 19.8 Å². The van der Waals surface area contributed by atoms with Crippen molar-refractivity contribution in [3.05, 3.63) is 80.3 Å². The fraction of sp³-hybridized carbons (Fsp3) is 0.500. The number of carbonyl (C=O) groups excluding carboxylic acids is 2. The van der Waals surface area contributed by atoms with Crippen molar-refractivity contribution in [2.45, 2.75) is 106 Å². The summed E-state index contributed by atoms with van der Waals surface area (Å²) >= 11 is 0. The molecule has 6 nitrogen and oxygen atoms in total. The van der Waals surface area contributed by atoms with Gasteiger partial charge in [0.15, 0.2) is 23.1 Å². The maximum absolute atomic E-state index is 15.3. The minimum Gasteiger partial charge on any atom is -0.504 e. The van der Waals surface area contributed by atoms with Crippen LogP contribution in [0.5, 0.6) is 11.5 Å². The molecule has 0 aliphatic heterocycles. The quantitative estimate of drug-likeness (QED) is 0.169. The third kappa shape index (κ3) is 5.41. The largest absolute Gasteiger partial charge is 0.504 e. The fourth-order valence-corrected chi connectivity index (χ4v) is 7.24. The third-order valence-corrected chi connectivity index (χ3v) is 10.1. The van der Waals surface area contributed by atoms with Crippen LogP contribution in [0.4, 0.5) is 0 Å². The Kier molecular flexibility index (Phi) is 9.08. The number of rotatable bonds is 9. The van der Waals surface area contributed by atoms with E-state index in [0.29, 0.717) is 12.8 Å². The number of Topliss-reactive ketones (excluding diaryl/α,β-unsaturated/α-hetero) is 2. The van der Waals surface area contributed by atoms with Crippen LogP contribution in [0.1, 0.15) is 117 Å². The Bertz CT molecular complexity index is 1680. The molecule has 236 valence electrons. The topological polar surface area (TPSA) is 105 Å². The molecule has 1 fully saturated rings. The molecule has 0 unspecified atom stereocenters. The molecule has 0 spiro atoms. The zero-order valence-electron chi connectivity index (χ0n) is 27.8. The van der Waals surface area contributed by atoms with Crippen LogP contribution in [0, 0.1) is 16.7 Å². The molecule has 6 heteroatoms. The summed E-state index contributed by atoms with van der Waals surface area (Å²) in [7, 11) is 0. The molecule has 4 rings (SSSR count). The van der Waals surface area contributed by atoms with Gasteiger partial charge in [0.05, 0.1) is 16.2 Å². The van der Waals surface area contributed by atoms with Gasteiger partial charge in [-0.25, -0.2) is 0 Å². The van der Waals surface area contributed by atoms with Gasteiger partial charge in [-0.1, -0.05) is 60.4 Å². The van der Waals surface area contributed by atoms with Gasteiger partial charge in [-0.05, 0) is 104 Å². The molecule has 1 aromatic heterocycles. The number of fused-ring (bicyclic) bond motifs is 5. The van der Waals surface area contributed by atoms with E-state index in [1.54, 1.807) is 0 Å². The van der Waals surface area contributed by atoms with E-state index in [0.717, 1.165) is 35.6 Å². The lowest BCUT2D eigenvalue weighted by atomic mass is 9.40. The van der Waals surface area contributed by atoms with Crippen molar-refractivity contribution < 1.29 is 24.2 Å². The molecule has 0 saturated heterocycles. The highest BCUT2D eigenvalue weighted by Gasteiger charge is 2.72. The Labute approximate surface area is 261 Å². The number of carbonyl (C=O) groups is 2. The van der Waals surface area contributed by atoms with Crippen LogP contribution in [0.2, 0.25) is 0 Å². The number of hydrogen-bond acceptors (Lipinski definition) is 6. The molecule has 44 heavy (non-hydrogen) atoms. The zero-order chi connectivity index (χ0) is 32.8. The number of benzene rings is 1. The maximum atomic E-state index is 15.3. The first kappa shape index (κ1) is 33.2. The molecule has 1 aromatic carbocycles. The van der Waals surface area contributed by atoms with Crippen LogP contribution in [0.3, 0.4) is 0 Å². The molecule has 0 amide bonds. The van der Waals surface area contributed by atoms with Crippen LogP contribution in [0.25, 0.3) is 11.0 Å². The number of phenolic OH excluding ortho intramolecular Hbond substituents is 2. The third-order valence-electron chi connectivity index (χ3n) is 10.1. The molecule has 2 aliphatic rings. The lowest BCUT2D eigenvalue weighted by Gasteiger charge is -2.60. The molecular weight excluding hydrogens is 552 g/mol. The molecule has 2 N–H and O–H groups in total. The Balaban J connectivity index is 2.09. The first-order chi connectivity index (χ1) is 20.5. The molecular formula is C38H48O6. The van der Waals surface area contributed by atoms with E-state index in [1.165, 1.54) is 11.6 Å². The normalized spacial score (nSPS) is 24.1. The molecule has 2 aliphatic carbocycles. The summed E-state index contributed by atoms with van der Waals surface area (Å²) in [4.78, 5) is 44.3. The average Bonchev–Trinajstić information content (AvgIpc) is 2.92. The van der Waals surface area contributed by atoms with Crippen molar-refractivity contribution in [2.24, 2.45) is 16.7 Å². The van der Waals surface area contributed by atoms with E-state index >= 15 is 4.79 Å². The number of phenols is 2. The van der Waals surface area contributed by atoms with Crippen LogP contribution >= 0.6 is 0 Å². The predicted octanol–water partition coefficient (Wildman–Crippen LogP) is 9.04. The molecule has 0 radical (unpaired) electrons. The van der Waals surface area contributed by atoms with Crippen LogP contribution < -0.4 is 5.43 Å². The van der Waals surface area contributed by atoms with Crippen molar-refractivity contribution in [3.63, 3.8) is 0 Å². The Morgan fingerprint density at radius 3 is 2.09 bits per heavy atom. The predicted molar refractivity (Wildman–Crippen MR) is 176 cm³/mol. The molecule has 3 atom stereocenters. The summed E-state index contributed by atoms with van der Waals surface area (Å²) in [5.41, 5.74) is 0.408. The second kappa shape index (κ2) is 12.0. The second-order valence-electron chi connectivity index (χ2n) is 14.3. The van der Waals surface area contributed by atoms with Gasteiger partial charge in [0.1, 0.15) is 16.9 Å². The minimum atomic E-state index is -1.43. The first-order valence-electron chi connectivity index (χ1n) is 15.7. The van der Waals surface area contributed by atoms with Crippen molar-refractivity contribution in [1.82, 2.24) is 0 Å². The zero-order valence-corrected chi connectivity index (χ0v) is 27.8. The van der Waals surface area contributed by atoms with E-state index in [-0.39, 0.29) is 46.8 Å². The number of aromatic hydroxyl groups is 2. The average molecular weight is 601 g/mol. The molecule has 1 heterocycles. The highest BCUT2D eigenvalue weighted by Crippen LogP contribution is 2.65. The molecule has 1 saturated carbocycles. The standard InChI is InChI=1S/C38H48O6/c1-22(2)11-10-12-25(7)16-17-37-21-26(14-13-23(3)4)36(8,9)38(35(37)43,18-15-24(5)6)34-31(33(37)42)32(41)27-19-28(39)29(40)20-30(27)44-34/h11,13,15-16,19-20,26,39-40H,10,12,14,17-18,21H2,1-9H3/t26-,37-,38+/m0/s1. The summed E-state index contributed by atoms with van der Waals surface area (Å²) in [6, 6.07) is 2.33. The maximum Gasteiger partial charge on any atom is 0.204 e.